The number of amides is 1. The van der Waals surface area contributed by atoms with Crippen molar-refractivity contribution in [3.8, 4) is 11.5 Å². The Kier molecular flexibility index (Phi) is 2.09. The number of rotatable bonds is 2. The van der Waals surface area contributed by atoms with E-state index >= 15 is 0 Å². The zero-order chi connectivity index (χ0) is 11.0. The Labute approximate surface area is 92.7 Å². The van der Waals surface area contributed by atoms with Gasteiger partial charge in [-0.2, -0.15) is 0 Å². The molecule has 1 atom stereocenters. The van der Waals surface area contributed by atoms with Gasteiger partial charge in [0.25, 0.3) is 0 Å². The standard InChI is InChI=1S/C11H12N2O3/c14-11-8(3-4-12-11)13-7-1-2-9-10(5-7)16-6-15-9/h1-2,5,8,13H,3-4,6H2,(H,12,14). The molecule has 84 valence electrons. The summed E-state index contributed by atoms with van der Waals surface area (Å²) in [5.74, 6) is 1.53. The fraction of sp³-hybridized carbons (Fsp3) is 0.364. The minimum atomic E-state index is -0.139. The Hall–Kier alpha value is -1.91. The van der Waals surface area contributed by atoms with Crippen LogP contribution in [0.2, 0.25) is 0 Å². The molecule has 1 fully saturated rings. The van der Waals surface area contributed by atoms with Crippen molar-refractivity contribution in [2.24, 2.45) is 0 Å². The van der Waals surface area contributed by atoms with Crippen LogP contribution in [-0.4, -0.2) is 25.3 Å². The van der Waals surface area contributed by atoms with Gasteiger partial charge in [-0.05, 0) is 18.6 Å². The third-order valence-corrected chi connectivity index (χ3v) is 2.76. The van der Waals surface area contributed by atoms with Gasteiger partial charge in [-0.3, -0.25) is 4.79 Å². The molecule has 0 aromatic heterocycles. The molecule has 1 amide bonds. The number of hydrogen-bond donors (Lipinski definition) is 2. The van der Waals surface area contributed by atoms with E-state index in [0.29, 0.717) is 0 Å². The lowest BCUT2D eigenvalue weighted by atomic mass is 10.2. The number of benzene rings is 1. The van der Waals surface area contributed by atoms with Gasteiger partial charge in [-0.1, -0.05) is 0 Å². The highest BCUT2D eigenvalue weighted by Crippen LogP contribution is 2.34. The average Bonchev–Trinajstić information content (AvgIpc) is 2.88. The van der Waals surface area contributed by atoms with Crippen molar-refractivity contribution in [3.63, 3.8) is 0 Å². The Balaban J connectivity index is 1.77. The van der Waals surface area contributed by atoms with E-state index in [-0.39, 0.29) is 18.7 Å². The van der Waals surface area contributed by atoms with Crippen LogP contribution < -0.4 is 20.1 Å². The van der Waals surface area contributed by atoms with Crippen molar-refractivity contribution < 1.29 is 14.3 Å². The molecular weight excluding hydrogens is 208 g/mol. The number of nitrogens with one attached hydrogen (secondary N) is 2. The van der Waals surface area contributed by atoms with Gasteiger partial charge in [0.05, 0.1) is 0 Å². The van der Waals surface area contributed by atoms with Crippen molar-refractivity contribution in [2.75, 3.05) is 18.7 Å². The van der Waals surface area contributed by atoms with Crippen molar-refractivity contribution in [1.82, 2.24) is 5.32 Å². The fourth-order valence-corrected chi connectivity index (χ4v) is 1.92. The molecule has 1 saturated heterocycles. The number of carbonyl (C=O) groups excluding carboxylic acids is 1. The highest BCUT2D eigenvalue weighted by atomic mass is 16.7. The summed E-state index contributed by atoms with van der Waals surface area (Å²) in [5.41, 5.74) is 0.881. The quantitative estimate of drug-likeness (QED) is 0.770. The molecular formula is C11H12N2O3. The lowest BCUT2D eigenvalue weighted by molar-refractivity contribution is -0.119. The van der Waals surface area contributed by atoms with Crippen LogP contribution in [0.25, 0.3) is 0 Å². The average molecular weight is 220 g/mol. The van der Waals surface area contributed by atoms with E-state index in [1.54, 1.807) is 0 Å². The minimum absolute atomic E-state index is 0.0534. The molecule has 0 saturated carbocycles. The van der Waals surface area contributed by atoms with Gasteiger partial charge in [-0.25, -0.2) is 0 Å². The molecule has 1 unspecified atom stereocenters. The van der Waals surface area contributed by atoms with Crippen molar-refractivity contribution in [2.45, 2.75) is 12.5 Å². The van der Waals surface area contributed by atoms with Gasteiger partial charge in [0.2, 0.25) is 12.7 Å². The number of hydrogen-bond acceptors (Lipinski definition) is 4. The van der Waals surface area contributed by atoms with Gasteiger partial charge in [0.1, 0.15) is 6.04 Å². The van der Waals surface area contributed by atoms with E-state index in [9.17, 15) is 4.79 Å². The van der Waals surface area contributed by atoms with Crippen LogP contribution in [0.1, 0.15) is 6.42 Å². The SMILES string of the molecule is O=C1NCCC1Nc1ccc2c(c1)OCO2. The fourth-order valence-electron chi connectivity index (χ4n) is 1.92. The molecule has 1 aromatic carbocycles. The summed E-state index contributed by atoms with van der Waals surface area (Å²) in [4.78, 5) is 11.4. The topological polar surface area (TPSA) is 59.6 Å². The molecule has 3 rings (SSSR count). The summed E-state index contributed by atoms with van der Waals surface area (Å²) in [6.07, 6.45) is 0.813. The number of carbonyl (C=O) groups is 1. The molecule has 5 heteroatoms. The Morgan fingerprint density at radius 1 is 1.31 bits per heavy atom. The Bertz CT molecular complexity index is 433. The molecule has 1 aromatic rings. The van der Waals surface area contributed by atoms with Crippen LogP contribution in [0.5, 0.6) is 11.5 Å². The maximum Gasteiger partial charge on any atom is 0.242 e. The van der Waals surface area contributed by atoms with E-state index < -0.39 is 0 Å². The van der Waals surface area contributed by atoms with Crippen LogP contribution in [0.4, 0.5) is 5.69 Å². The summed E-state index contributed by atoms with van der Waals surface area (Å²) >= 11 is 0. The van der Waals surface area contributed by atoms with E-state index in [1.165, 1.54) is 0 Å². The molecule has 2 aliphatic heterocycles. The van der Waals surface area contributed by atoms with Gasteiger partial charge in [0.15, 0.2) is 11.5 Å². The van der Waals surface area contributed by atoms with Crippen LogP contribution in [0, 0.1) is 0 Å². The van der Waals surface area contributed by atoms with Gasteiger partial charge < -0.3 is 20.1 Å². The van der Waals surface area contributed by atoms with Crippen LogP contribution in [0.15, 0.2) is 18.2 Å². The lowest BCUT2D eigenvalue weighted by Gasteiger charge is -2.11. The summed E-state index contributed by atoms with van der Waals surface area (Å²) in [7, 11) is 0. The van der Waals surface area contributed by atoms with Gasteiger partial charge >= 0.3 is 0 Å². The normalized spacial score (nSPS) is 22.0. The van der Waals surface area contributed by atoms with Gasteiger partial charge in [0, 0.05) is 18.3 Å². The number of ether oxygens (including phenoxy) is 2. The first-order valence-electron chi connectivity index (χ1n) is 5.27. The second-order valence-electron chi connectivity index (χ2n) is 3.84. The molecule has 5 nitrogen and oxygen atoms in total. The van der Waals surface area contributed by atoms with E-state index in [2.05, 4.69) is 10.6 Å². The molecule has 2 aliphatic rings. The zero-order valence-corrected chi connectivity index (χ0v) is 8.66. The first-order valence-corrected chi connectivity index (χ1v) is 5.27. The molecule has 0 spiro atoms. The zero-order valence-electron chi connectivity index (χ0n) is 8.66. The third kappa shape index (κ3) is 1.54. The van der Waals surface area contributed by atoms with Crippen molar-refractivity contribution in [1.29, 1.82) is 0 Å². The first kappa shape index (κ1) is 9.33. The third-order valence-electron chi connectivity index (χ3n) is 2.76. The Morgan fingerprint density at radius 3 is 3.00 bits per heavy atom. The number of anilines is 1. The minimum Gasteiger partial charge on any atom is -0.454 e. The molecule has 2 N–H and O–H groups in total. The van der Waals surface area contributed by atoms with E-state index in [0.717, 1.165) is 30.2 Å². The summed E-state index contributed by atoms with van der Waals surface area (Å²) in [5, 5.41) is 5.96. The monoisotopic (exact) mass is 220 g/mol. The smallest absolute Gasteiger partial charge is 0.242 e. The second kappa shape index (κ2) is 3.59. The maximum absolute atomic E-state index is 11.4. The highest BCUT2D eigenvalue weighted by molar-refractivity contribution is 5.86. The molecule has 2 heterocycles. The highest BCUT2D eigenvalue weighted by Gasteiger charge is 2.24. The maximum atomic E-state index is 11.4. The summed E-state index contributed by atoms with van der Waals surface area (Å²) in [6, 6.07) is 5.45. The predicted molar refractivity (Wildman–Crippen MR) is 57.6 cm³/mol. The Morgan fingerprint density at radius 2 is 2.19 bits per heavy atom. The molecule has 0 bridgehead atoms. The van der Waals surface area contributed by atoms with Crippen LogP contribution in [-0.2, 0) is 4.79 Å². The van der Waals surface area contributed by atoms with Crippen molar-refractivity contribution >= 4 is 11.6 Å². The molecule has 16 heavy (non-hydrogen) atoms. The summed E-state index contributed by atoms with van der Waals surface area (Å²) < 4.78 is 10.5. The van der Waals surface area contributed by atoms with E-state index in [1.807, 2.05) is 18.2 Å². The second-order valence-corrected chi connectivity index (χ2v) is 3.84. The van der Waals surface area contributed by atoms with Gasteiger partial charge in [-0.15, -0.1) is 0 Å². The lowest BCUT2D eigenvalue weighted by Crippen LogP contribution is -2.29. The van der Waals surface area contributed by atoms with E-state index in [4.69, 9.17) is 9.47 Å². The first-order chi connectivity index (χ1) is 7.83. The predicted octanol–water partition coefficient (Wildman–Crippen LogP) is 0.716. The van der Waals surface area contributed by atoms with Crippen LogP contribution >= 0.6 is 0 Å². The largest absolute Gasteiger partial charge is 0.454 e. The molecule has 0 aliphatic carbocycles. The number of fused-ring (bicyclic) bond motifs is 1. The van der Waals surface area contributed by atoms with Crippen LogP contribution in [0.3, 0.4) is 0 Å². The summed E-state index contributed by atoms with van der Waals surface area (Å²) in [6.45, 7) is 1.00. The molecule has 0 radical (unpaired) electrons. The van der Waals surface area contributed by atoms with Crippen molar-refractivity contribution in [3.05, 3.63) is 18.2 Å².